The van der Waals surface area contributed by atoms with Crippen LogP contribution >= 0.6 is 0 Å². The standard InChI is InChI=1S/C38H44F4O8S/c39-31-33(41)36(51(45,46)47)34(42)32(40)35(31)50-37(43)26-18-28-29(19-27(26)48-28)49-38(44)30-24(21-12-6-2-7-13-21)16-23(20-10-4-1-5-11-20)17-25(30)22-14-8-3-9-15-22/h16-17,20-22,26-29H,1-15,18-19H2,(H,45,46,47). The van der Waals surface area contributed by atoms with Crippen LogP contribution in [0.3, 0.4) is 0 Å². The normalized spacial score (nSPS) is 26.4. The van der Waals surface area contributed by atoms with Gasteiger partial charge in [-0.1, -0.05) is 69.9 Å². The lowest BCUT2D eigenvalue weighted by Crippen LogP contribution is -2.37. The van der Waals surface area contributed by atoms with Crippen molar-refractivity contribution in [1.82, 2.24) is 0 Å². The average Bonchev–Trinajstić information content (AvgIpc) is 3.74. The van der Waals surface area contributed by atoms with Crippen molar-refractivity contribution in [2.45, 2.75) is 150 Å². The predicted octanol–water partition coefficient (Wildman–Crippen LogP) is 8.94. The molecule has 13 heteroatoms. The summed E-state index contributed by atoms with van der Waals surface area (Å²) >= 11 is 0. The first-order valence-corrected chi connectivity index (χ1v) is 20.0. The molecule has 1 N–H and O–H groups in total. The summed E-state index contributed by atoms with van der Waals surface area (Å²) in [5.74, 6) is -12.9. The van der Waals surface area contributed by atoms with Gasteiger partial charge in [-0.05, 0) is 79.4 Å². The van der Waals surface area contributed by atoms with Gasteiger partial charge in [0.15, 0.2) is 16.5 Å². The Balaban J connectivity index is 1.12. The van der Waals surface area contributed by atoms with Crippen LogP contribution in [0.25, 0.3) is 0 Å². The fraction of sp³-hybridized carbons (Fsp3) is 0.632. The van der Waals surface area contributed by atoms with E-state index in [0.29, 0.717) is 11.5 Å². The highest BCUT2D eigenvalue weighted by atomic mass is 32.2. The SMILES string of the molecule is O=C(OC1CC2OC1CC2C(=O)Oc1c(F)c(F)c(S(=O)(=O)O)c(F)c1F)c1c(C2CCCCC2)cc(C2CCCCC2)cc1C1CCCCC1. The number of carbonyl (C=O) groups excluding carboxylic acids is 2. The van der Waals surface area contributed by atoms with Crippen molar-refractivity contribution in [3.05, 3.63) is 57.7 Å². The fourth-order valence-corrected chi connectivity index (χ4v) is 9.99. The van der Waals surface area contributed by atoms with Crippen LogP contribution in [0.15, 0.2) is 17.0 Å². The number of ether oxygens (including phenoxy) is 3. The Hall–Kier alpha value is -3.03. The Morgan fingerprint density at radius 2 is 1.18 bits per heavy atom. The molecule has 2 heterocycles. The van der Waals surface area contributed by atoms with Crippen LogP contribution in [0, 0.1) is 29.2 Å². The van der Waals surface area contributed by atoms with Crippen LogP contribution in [-0.4, -0.2) is 43.2 Å². The van der Waals surface area contributed by atoms with E-state index < -0.39 is 80.2 Å². The molecule has 0 amide bonds. The monoisotopic (exact) mass is 736 g/mol. The average molecular weight is 737 g/mol. The van der Waals surface area contributed by atoms with Crippen molar-refractivity contribution >= 4 is 22.1 Å². The van der Waals surface area contributed by atoms with E-state index in [1.165, 1.54) is 37.7 Å². The zero-order chi connectivity index (χ0) is 36.0. The van der Waals surface area contributed by atoms with Crippen LogP contribution in [0.4, 0.5) is 17.6 Å². The molecule has 0 spiro atoms. The second-order valence-corrected chi connectivity index (χ2v) is 16.5. The number of benzene rings is 2. The number of rotatable bonds is 8. The molecule has 7 rings (SSSR count). The number of hydrogen-bond donors (Lipinski definition) is 1. The summed E-state index contributed by atoms with van der Waals surface area (Å²) < 4.78 is 106. The molecule has 3 saturated carbocycles. The number of halogens is 4. The zero-order valence-electron chi connectivity index (χ0n) is 28.4. The van der Waals surface area contributed by atoms with E-state index in [4.69, 9.17) is 18.8 Å². The van der Waals surface area contributed by atoms with E-state index in [2.05, 4.69) is 12.1 Å². The minimum absolute atomic E-state index is 0.0374. The summed E-state index contributed by atoms with van der Waals surface area (Å²) in [4.78, 5) is 25.2. The third kappa shape index (κ3) is 7.19. The van der Waals surface area contributed by atoms with Gasteiger partial charge >= 0.3 is 22.1 Å². The van der Waals surface area contributed by atoms with Crippen molar-refractivity contribution in [2.24, 2.45) is 5.92 Å². The van der Waals surface area contributed by atoms with Crippen molar-refractivity contribution in [3.63, 3.8) is 0 Å². The molecular formula is C38H44F4O8S. The third-order valence-corrected chi connectivity index (χ3v) is 12.8. The van der Waals surface area contributed by atoms with E-state index in [0.717, 1.165) is 75.3 Å². The lowest BCUT2D eigenvalue weighted by atomic mass is 9.73. The molecule has 0 radical (unpaired) electrons. The fourth-order valence-electron chi connectivity index (χ4n) is 9.36. The van der Waals surface area contributed by atoms with Gasteiger partial charge in [-0.15, -0.1) is 0 Å². The Bertz CT molecular complexity index is 1710. The van der Waals surface area contributed by atoms with Gasteiger partial charge in [0, 0.05) is 6.42 Å². The van der Waals surface area contributed by atoms with Gasteiger partial charge in [-0.25, -0.2) is 13.6 Å². The molecule has 2 aromatic carbocycles. The van der Waals surface area contributed by atoms with Gasteiger partial charge in [0.25, 0.3) is 0 Å². The van der Waals surface area contributed by atoms with Crippen molar-refractivity contribution in [1.29, 1.82) is 0 Å². The van der Waals surface area contributed by atoms with Crippen LogP contribution in [0.2, 0.25) is 0 Å². The quantitative estimate of drug-likeness (QED) is 0.0939. The van der Waals surface area contributed by atoms with Gasteiger partial charge in [0.1, 0.15) is 6.10 Å². The topological polar surface area (TPSA) is 116 Å². The summed E-state index contributed by atoms with van der Waals surface area (Å²) in [6.45, 7) is 0. The maximum absolute atomic E-state index is 14.6. The minimum Gasteiger partial charge on any atom is -0.456 e. The highest BCUT2D eigenvalue weighted by Gasteiger charge is 2.53. The molecule has 2 saturated heterocycles. The summed E-state index contributed by atoms with van der Waals surface area (Å²) in [6.07, 6.45) is 14.7. The maximum Gasteiger partial charge on any atom is 0.339 e. The molecule has 2 bridgehead atoms. The summed E-state index contributed by atoms with van der Waals surface area (Å²) in [5.41, 5.74) is 4.21. The first kappa shape index (κ1) is 36.3. The number of fused-ring (bicyclic) bond motifs is 2. The molecule has 5 fully saturated rings. The second-order valence-electron chi connectivity index (χ2n) is 15.1. The molecule has 3 aliphatic carbocycles. The molecule has 2 aromatic rings. The van der Waals surface area contributed by atoms with Gasteiger partial charge in [0.2, 0.25) is 17.4 Å². The highest BCUT2D eigenvalue weighted by molar-refractivity contribution is 7.85. The van der Waals surface area contributed by atoms with Crippen LogP contribution in [-0.2, 0) is 24.4 Å². The number of esters is 2. The van der Waals surface area contributed by atoms with Gasteiger partial charge < -0.3 is 14.2 Å². The first-order valence-electron chi connectivity index (χ1n) is 18.5. The number of hydrogen-bond acceptors (Lipinski definition) is 7. The molecule has 8 nitrogen and oxygen atoms in total. The van der Waals surface area contributed by atoms with E-state index in [1.54, 1.807) is 0 Å². The lowest BCUT2D eigenvalue weighted by molar-refractivity contribution is -0.141. The third-order valence-electron chi connectivity index (χ3n) is 12.0. The van der Waals surface area contributed by atoms with Crippen molar-refractivity contribution in [3.8, 4) is 5.75 Å². The van der Waals surface area contributed by atoms with Crippen molar-refractivity contribution < 1.29 is 54.3 Å². The molecule has 4 unspecified atom stereocenters. The van der Waals surface area contributed by atoms with Gasteiger partial charge in [-0.2, -0.15) is 17.2 Å². The molecule has 2 aliphatic heterocycles. The first-order chi connectivity index (χ1) is 24.4. The highest BCUT2D eigenvalue weighted by Crippen LogP contribution is 2.46. The molecule has 278 valence electrons. The molecule has 4 atom stereocenters. The van der Waals surface area contributed by atoms with Crippen LogP contribution in [0.1, 0.15) is 154 Å². The molecule has 51 heavy (non-hydrogen) atoms. The van der Waals surface area contributed by atoms with E-state index in [9.17, 15) is 35.6 Å². The molecular weight excluding hydrogens is 692 g/mol. The molecule has 0 aromatic heterocycles. The number of carbonyl (C=O) groups is 2. The second kappa shape index (κ2) is 14.8. The maximum atomic E-state index is 14.6. The van der Waals surface area contributed by atoms with E-state index in [-0.39, 0.29) is 24.7 Å². The Morgan fingerprint density at radius 3 is 1.63 bits per heavy atom. The van der Waals surface area contributed by atoms with Gasteiger partial charge in [-0.3, -0.25) is 9.35 Å². The minimum atomic E-state index is -5.67. The Kier molecular flexibility index (Phi) is 10.5. The van der Waals surface area contributed by atoms with Crippen molar-refractivity contribution in [2.75, 3.05) is 0 Å². The van der Waals surface area contributed by atoms with Crippen LogP contribution in [0.5, 0.6) is 5.75 Å². The molecule has 5 aliphatic rings. The summed E-state index contributed by atoms with van der Waals surface area (Å²) in [6, 6.07) is 4.59. The smallest absolute Gasteiger partial charge is 0.339 e. The van der Waals surface area contributed by atoms with E-state index in [1.807, 2.05) is 0 Å². The van der Waals surface area contributed by atoms with Crippen LogP contribution < -0.4 is 4.74 Å². The predicted molar refractivity (Wildman–Crippen MR) is 176 cm³/mol. The lowest BCUT2D eigenvalue weighted by Gasteiger charge is -2.32. The summed E-state index contributed by atoms with van der Waals surface area (Å²) in [5, 5.41) is 0. The Labute approximate surface area is 295 Å². The van der Waals surface area contributed by atoms with Gasteiger partial charge in [0.05, 0.1) is 23.7 Å². The zero-order valence-corrected chi connectivity index (χ0v) is 29.3. The van der Waals surface area contributed by atoms with E-state index >= 15 is 0 Å². The summed E-state index contributed by atoms with van der Waals surface area (Å²) in [7, 11) is -5.67. The Morgan fingerprint density at radius 1 is 0.686 bits per heavy atom. The largest absolute Gasteiger partial charge is 0.456 e.